The molecule has 104 valence electrons. The zero-order valence-corrected chi connectivity index (χ0v) is 11.5. The fraction of sp³-hybridized carbons (Fsp3) is 0.133. The Bertz CT molecular complexity index is 614. The highest BCUT2D eigenvalue weighted by atomic mass is 35.5. The molecule has 0 unspecified atom stereocenters. The largest absolute Gasteiger partial charge is 0.330 e. The van der Waals surface area contributed by atoms with Crippen LogP contribution in [0, 0.1) is 5.82 Å². The zero-order valence-electron chi connectivity index (χ0n) is 10.7. The van der Waals surface area contributed by atoms with Crippen LogP contribution in [0.2, 0.25) is 5.02 Å². The number of halogens is 2. The standard InChI is InChI=1S/C15H14ClFN2O/c16-13-9-12(5-6-14(13)17)19-15(20)11-3-1-10(2-4-11)7-8-18/h1-6,9H,7-8,18H2,(H,19,20). The molecule has 0 radical (unpaired) electrons. The molecule has 0 aromatic heterocycles. The van der Waals surface area contributed by atoms with Crippen LogP contribution in [0.3, 0.4) is 0 Å². The van der Waals surface area contributed by atoms with Gasteiger partial charge in [0.25, 0.3) is 5.91 Å². The SMILES string of the molecule is NCCc1ccc(C(=O)Nc2ccc(F)c(Cl)c2)cc1. The topological polar surface area (TPSA) is 55.1 Å². The van der Waals surface area contributed by atoms with Crippen LogP contribution in [0.15, 0.2) is 42.5 Å². The number of anilines is 1. The second kappa shape index (κ2) is 6.50. The smallest absolute Gasteiger partial charge is 0.255 e. The van der Waals surface area contributed by atoms with Crippen molar-refractivity contribution in [3.05, 3.63) is 64.4 Å². The zero-order chi connectivity index (χ0) is 14.5. The van der Waals surface area contributed by atoms with Gasteiger partial charge in [-0.1, -0.05) is 23.7 Å². The quantitative estimate of drug-likeness (QED) is 0.909. The van der Waals surface area contributed by atoms with Crippen molar-refractivity contribution in [3.63, 3.8) is 0 Å². The lowest BCUT2D eigenvalue weighted by Gasteiger charge is -2.07. The van der Waals surface area contributed by atoms with Crippen LogP contribution in [-0.4, -0.2) is 12.5 Å². The number of nitrogens with one attached hydrogen (secondary N) is 1. The van der Waals surface area contributed by atoms with Crippen LogP contribution in [0.5, 0.6) is 0 Å². The Morgan fingerprint density at radius 2 is 1.90 bits per heavy atom. The van der Waals surface area contributed by atoms with Crippen molar-refractivity contribution in [2.75, 3.05) is 11.9 Å². The summed E-state index contributed by atoms with van der Waals surface area (Å²) in [7, 11) is 0. The van der Waals surface area contributed by atoms with Gasteiger partial charge in [0, 0.05) is 11.3 Å². The van der Waals surface area contributed by atoms with Gasteiger partial charge >= 0.3 is 0 Å². The van der Waals surface area contributed by atoms with Crippen LogP contribution >= 0.6 is 11.6 Å². The highest BCUT2D eigenvalue weighted by Crippen LogP contribution is 2.20. The molecule has 3 nitrogen and oxygen atoms in total. The lowest BCUT2D eigenvalue weighted by atomic mass is 10.1. The molecule has 20 heavy (non-hydrogen) atoms. The monoisotopic (exact) mass is 292 g/mol. The van der Waals surface area contributed by atoms with Crippen LogP contribution in [0.1, 0.15) is 15.9 Å². The second-order valence-corrected chi connectivity index (χ2v) is 4.73. The molecule has 0 saturated heterocycles. The van der Waals surface area contributed by atoms with E-state index < -0.39 is 5.82 Å². The Kier molecular flexibility index (Phi) is 4.71. The Labute approximate surface area is 121 Å². The lowest BCUT2D eigenvalue weighted by molar-refractivity contribution is 0.102. The second-order valence-electron chi connectivity index (χ2n) is 4.32. The summed E-state index contributed by atoms with van der Waals surface area (Å²) < 4.78 is 13.0. The molecular weight excluding hydrogens is 279 g/mol. The Morgan fingerprint density at radius 3 is 2.50 bits per heavy atom. The number of benzene rings is 2. The molecule has 0 aliphatic heterocycles. The first-order valence-electron chi connectivity index (χ1n) is 6.15. The van der Waals surface area contributed by atoms with Crippen LogP contribution in [0.4, 0.5) is 10.1 Å². The molecule has 0 atom stereocenters. The molecule has 3 N–H and O–H groups in total. The molecular formula is C15H14ClFN2O. The number of hydrogen-bond acceptors (Lipinski definition) is 2. The van der Waals surface area contributed by atoms with Gasteiger partial charge in [-0.25, -0.2) is 4.39 Å². The lowest BCUT2D eigenvalue weighted by Crippen LogP contribution is -2.12. The molecule has 0 saturated carbocycles. The molecule has 2 aromatic rings. The molecule has 1 amide bonds. The van der Waals surface area contributed by atoms with Crippen molar-refractivity contribution in [1.82, 2.24) is 0 Å². The van der Waals surface area contributed by atoms with Crippen LogP contribution in [-0.2, 0) is 6.42 Å². The predicted octanol–water partition coefficient (Wildman–Crippen LogP) is 3.23. The van der Waals surface area contributed by atoms with Crippen molar-refractivity contribution in [2.45, 2.75) is 6.42 Å². The summed E-state index contributed by atoms with van der Waals surface area (Å²) in [5.41, 5.74) is 7.51. The number of carbonyl (C=O) groups excluding carboxylic acids is 1. The van der Waals surface area contributed by atoms with E-state index in [0.29, 0.717) is 17.8 Å². The summed E-state index contributed by atoms with van der Waals surface area (Å²) in [6.07, 6.45) is 0.773. The van der Waals surface area contributed by atoms with E-state index in [-0.39, 0.29) is 10.9 Å². The summed E-state index contributed by atoms with van der Waals surface area (Å²) in [6.45, 7) is 0.569. The van der Waals surface area contributed by atoms with Crippen molar-refractivity contribution >= 4 is 23.2 Å². The first kappa shape index (κ1) is 14.5. The minimum absolute atomic E-state index is 0.0268. The van der Waals surface area contributed by atoms with E-state index in [1.165, 1.54) is 18.2 Å². The Balaban J connectivity index is 2.09. The van der Waals surface area contributed by atoms with Gasteiger partial charge in [0.05, 0.1) is 5.02 Å². The van der Waals surface area contributed by atoms with Crippen molar-refractivity contribution in [3.8, 4) is 0 Å². The first-order chi connectivity index (χ1) is 9.60. The molecule has 0 aliphatic carbocycles. The number of amides is 1. The van der Waals surface area contributed by atoms with Crippen molar-refractivity contribution < 1.29 is 9.18 Å². The van der Waals surface area contributed by atoms with E-state index in [1.807, 2.05) is 12.1 Å². The maximum absolute atomic E-state index is 13.0. The van der Waals surface area contributed by atoms with Gasteiger partial charge in [0.15, 0.2) is 0 Å². The molecule has 0 spiro atoms. The van der Waals surface area contributed by atoms with Crippen LogP contribution < -0.4 is 11.1 Å². The first-order valence-corrected chi connectivity index (χ1v) is 6.53. The van der Waals surface area contributed by atoms with Gasteiger partial charge in [-0.2, -0.15) is 0 Å². The van der Waals surface area contributed by atoms with Crippen LogP contribution in [0.25, 0.3) is 0 Å². The van der Waals surface area contributed by atoms with E-state index in [2.05, 4.69) is 5.32 Å². The number of hydrogen-bond donors (Lipinski definition) is 2. The summed E-state index contributed by atoms with van der Waals surface area (Å²) in [5, 5.41) is 2.64. The predicted molar refractivity (Wildman–Crippen MR) is 78.6 cm³/mol. The number of rotatable bonds is 4. The molecule has 0 aliphatic rings. The van der Waals surface area contributed by atoms with E-state index in [4.69, 9.17) is 17.3 Å². The van der Waals surface area contributed by atoms with E-state index in [1.54, 1.807) is 12.1 Å². The highest BCUT2D eigenvalue weighted by molar-refractivity contribution is 6.31. The van der Waals surface area contributed by atoms with Crippen molar-refractivity contribution in [2.24, 2.45) is 5.73 Å². The normalized spacial score (nSPS) is 10.3. The highest BCUT2D eigenvalue weighted by Gasteiger charge is 2.07. The summed E-state index contributed by atoms with van der Waals surface area (Å²) in [6, 6.07) is 11.2. The Hall–Kier alpha value is -1.91. The van der Waals surface area contributed by atoms with Gasteiger partial charge in [-0.15, -0.1) is 0 Å². The molecule has 0 heterocycles. The summed E-state index contributed by atoms with van der Waals surface area (Å²) in [5.74, 6) is -0.789. The maximum atomic E-state index is 13.0. The third kappa shape index (κ3) is 3.56. The fourth-order valence-corrected chi connectivity index (χ4v) is 1.95. The van der Waals surface area contributed by atoms with E-state index >= 15 is 0 Å². The minimum Gasteiger partial charge on any atom is -0.330 e. The summed E-state index contributed by atoms with van der Waals surface area (Å²) in [4.78, 5) is 12.0. The maximum Gasteiger partial charge on any atom is 0.255 e. The van der Waals surface area contributed by atoms with Gasteiger partial charge in [-0.3, -0.25) is 4.79 Å². The number of nitrogens with two attached hydrogens (primary N) is 1. The third-order valence-corrected chi connectivity index (χ3v) is 3.12. The Morgan fingerprint density at radius 1 is 1.20 bits per heavy atom. The minimum atomic E-state index is -0.518. The molecule has 0 fully saturated rings. The molecule has 2 rings (SSSR count). The van der Waals surface area contributed by atoms with Gasteiger partial charge < -0.3 is 11.1 Å². The third-order valence-electron chi connectivity index (χ3n) is 2.83. The summed E-state index contributed by atoms with van der Waals surface area (Å²) >= 11 is 5.66. The van der Waals surface area contributed by atoms with E-state index in [0.717, 1.165) is 12.0 Å². The molecule has 5 heteroatoms. The fourth-order valence-electron chi connectivity index (χ4n) is 1.77. The molecule has 0 bridgehead atoms. The average Bonchev–Trinajstić information content (AvgIpc) is 2.44. The van der Waals surface area contributed by atoms with Gasteiger partial charge in [0.2, 0.25) is 0 Å². The van der Waals surface area contributed by atoms with E-state index in [9.17, 15) is 9.18 Å². The molecule has 2 aromatic carbocycles. The van der Waals surface area contributed by atoms with Gasteiger partial charge in [-0.05, 0) is 48.9 Å². The average molecular weight is 293 g/mol. The van der Waals surface area contributed by atoms with Gasteiger partial charge in [0.1, 0.15) is 5.82 Å². The van der Waals surface area contributed by atoms with Crippen molar-refractivity contribution in [1.29, 1.82) is 0 Å². The number of carbonyl (C=O) groups is 1.